The summed E-state index contributed by atoms with van der Waals surface area (Å²) in [6.07, 6.45) is 0. The zero-order chi connectivity index (χ0) is 14.7. The molecule has 1 fully saturated rings. The largest absolute Gasteiger partial charge is 0.507 e. The summed E-state index contributed by atoms with van der Waals surface area (Å²) in [6, 6.07) is 4.35. The van der Waals surface area contributed by atoms with Crippen molar-refractivity contribution in [3.63, 3.8) is 0 Å². The highest BCUT2D eigenvalue weighted by Crippen LogP contribution is 2.21. The zero-order valence-electron chi connectivity index (χ0n) is 11.6. The lowest BCUT2D eigenvalue weighted by atomic mass is 10.1. The number of piperazine rings is 1. The van der Waals surface area contributed by atoms with Gasteiger partial charge in [0, 0.05) is 26.7 Å². The molecule has 1 heterocycles. The van der Waals surface area contributed by atoms with Gasteiger partial charge in [-0.1, -0.05) is 6.07 Å². The summed E-state index contributed by atoms with van der Waals surface area (Å²) in [6.45, 7) is 3.32. The minimum atomic E-state index is -0.554. The Morgan fingerprint density at radius 3 is 2.85 bits per heavy atom. The molecular weight excluding hydrogens is 258 g/mol. The fourth-order valence-corrected chi connectivity index (χ4v) is 2.33. The molecule has 6 heteroatoms. The summed E-state index contributed by atoms with van der Waals surface area (Å²) in [5.74, 6) is -0.584. The van der Waals surface area contributed by atoms with Crippen LogP contribution in [-0.2, 0) is 4.79 Å². The summed E-state index contributed by atoms with van der Waals surface area (Å²) in [7, 11) is 1.54. The number of hydrogen-bond donors (Lipinski definition) is 3. The maximum atomic E-state index is 12.5. The standard InChI is InChI=1S/C14H19N3O3/c1-9-3-4-10(12(18)7-9)14(20)17-6-5-16-8-11(17)13(19)15-2/h3-4,7,11,16,18H,5-6,8H2,1-2H3,(H,15,19). The molecule has 2 rings (SSSR count). The van der Waals surface area contributed by atoms with Crippen LogP contribution >= 0.6 is 0 Å². The van der Waals surface area contributed by atoms with Crippen molar-refractivity contribution in [1.82, 2.24) is 15.5 Å². The lowest BCUT2D eigenvalue weighted by Crippen LogP contribution is -2.59. The Labute approximate surface area is 117 Å². The highest BCUT2D eigenvalue weighted by molar-refractivity contribution is 5.99. The maximum Gasteiger partial charge on any atom is 0.258 e. The number of carbonyl (C=O) groups excluding carboxylic acids is 2. The van der Waals surface area contributed by atoms with Gasteiger partial charge in [-0.15, -0.1) is 0 Å². The molecule has 0 spiro atoms. The molecule has 1 saturated heterocycles. The van der Waals surface area contributed by atoms with Crippen molar-refractivity contribution in [3.8, 4) is 5.75 Å². The predicted octanol–water partition coefficient (Wildman–Crippen LogP) is -0.139. The predicted molar refractivity (Wildman–Crippen MR) is 74.6 cm³/mol. The minimum Gasteiger partial charge on any atom is -0.507 e. The summed E-state index contributed by atoms with van der Waals surface area (Å²) >= 11 is 0. The van der Waals surface area contributed by atoms with E-state index in [1.54, 1.807) is 25.2 Å². The van der Waals surface area contributed by atoms with Crippen LogP contribution < -0.4 is 10.6 Å². The first kappa shape index (κ1) is 14.3. The molecule has 1 unspecified atom stereocenters. The lowest BCUT2D eigenvalue weighted by Gasteiger charge is -2.35. The van der Waals surface area contributed by atoms with Crippen LogP contribution in [0.2, 0.25) is 0 Å². The fraction of sp³-hybridized carbons (Fsp3) is 0.429. The van der Waals surface area contributed by atoms with Gasteiger partial charge < -0.3 is 20.6 Å². The Morgan fingerprint density at radius 1 is 1.45 bits per heavy atom. The number of amides is 2. The third-order valence-electron chi connectivity index (χ3n) is 3.44. The molecule has 0 saturated carbocycles. The van der Waals surface area contributed by atoms with Crippen LogP contribution in [-0.4, -0.2) is 54.5 Å². The van der Waals surface area contributed by atoms with E-state index < -0.39 is 6.04 Å². The first-order chi connectivity index (χ1) is 9.54. The fourth-order valence-electron chi connectivity index (χ4n) is 2.33. The van der Waals surface area contributed by atoms with Gasteiger partial charge in [0.15, 0.2) is 0 Å². The second kappa shape index (κ2) is 5.92. The highest BCUT2D eigenvalue weighted by Gasteiger charge is 2.32. The molecule has 2 amide bonds. The number of benzene rings is 1. The quantitative estimate of drug-likeness (QED) is 0.703. The molecule has 108 valence electrons. The number of nitrogens with zero attached hydrogens (tertiary/aromatic N) is 1. The van der Waals surface area contributed by atoms with E-state index >= 15 is 0 Å². The van der Waals surface area contributed by atoms with Crippen LogP contribution in [0, 0.1) is 6.92 Å². The van der Waals surface area contributed by atoms with Gasteiger partial charge in [-0.2, -0.15) is 0 Å². The molecule has 1 aliphatic heterocycles. The van der Waals surface area contributed by atoms with Crippen LogP contribution in [0.5, 0.6) is 5.75 Å². The third-order valence-corrected chi connectivity index (χ3v) is 3.44. The van der Waals surface area contributed by atoms with Gasteiger partial charge in [-0.25, -0.2) is 0 Å². The van der Waals surface area contributed by atoms with Crippen LogP contribution in [0.15, 0.2) is 18.2 Å². The van der Waals surface area contributed by atoms with Crippen molar-refractivity contribution in [2.45, 2.75) is 13.0 Å². The molecule has 20 heavy (non-hydrogen) atoms. The zero-order valence-corrected chi connectivity index (χ0v) is 11.6. The van der Waals surface area contributed by atoms with E-state index in [0.717, 1.165) is 5.56 Å². The number of aromatic hydroxyl groups is 1. The second-order valence-corrected chi connectivity index (χ2v) is 4.85. The smallest absolute Gasteiger partial charge is 0.258 e. The van der Waals surface area contributed by atoms with Gasteiger partial charge in [-0.05, 0) is 24.6 Å². The van der Waals surface area contributed by atoms with Crippen LogP contribution in [0.3, 0.4) is 0 Å². The molecule has 0 aliphatic carbocycles. The van der Waals surface area contributed by atoms with Gasteiger partial charge in [0.2, 0.25) is 5.91 Å². The summed E-state index contributed by atoms with van der Waals surface area (Å²) in [5.41, 5.74) is 1.11. The Balaban J connectivity index is 2.27. The molecule has 1 aliphatic rings. The summed E-state index contributed by atoms with van der Waals surface area (Å²) < 4.78 is 0. The van der Waals surface area contributed by atoms with Gasteiger partial charge >= 0.3 is 0 Å². The van der Waals surface area contributed by atoms with E-state index in [1.807, 2.05) is 6.92 Å². The molecule has 1 aromatic rings. The molecule has 0 radical (unpaired) electrons. The van der Waals surface area contributed by atoms with Gasteiger partial charge in [-0.3, -0.25) is 9.59 Å². The number of hydrogen-bond acceptors (Lipinski definition) is 4. The Hall–Kier alpha value is -2.08. The van der Waals surface area contributed by atoms with Gasteiger partial charge in [0.25, 0.3) is 5.91 Å². The third kappa shape index (κ3) is 2.75. The summed E-state index contributed by atoms with van der Waals surface area (Å²) in [4.78, 5) is 25.9. The van der Waals surface area contributed by atoms with Crippen molar-refractivity contribution in [1.29, 1.82) is 0 Å². The van der Waals surface area contributed by atoms with Crippen molar-refractivity contribution in [2.24, 2.45) is 0 Å². The number of carbonyl (C=O) groups is 2. The summed E-state index contributed by atoms with van der Waals surface area (Å²) in [5, 5.41) is 15.6. The molecule has 0 bridgehead atoms. The molecule has 6 nitrogen and oxygen atoms in total. The van der Waals surface area contributed by atoms with Crippen molar-refractivity contribution in [3.05, 3.63) is 29.3 Å². The van der Waals surface area contributed by atoms with E-state index in [1.165, 1.54) is 4.90 Å². The lowest BCUT2D eigenvalue weighted by molar-refractivity contribution is -0.125. The average molecular weight is 277 g/mol. The normalized spacial score (nSPS) is 18.7. The molecule has 0 aromatic heterocycles. The minimum absolute atomic E-state index is 0.0517. The van der Waals surface area contributed by atoms with E-state index in [-0.39, 0.29) is 23.1 Å². The van der Waals surface area contributed by atoms with Crippen LogP contribution in [0.25, 0.3) is 0 Å². The van der Waals surface area contributed by atoms with Crippen molar-refractivity contribution >= 4 is 11.8 Å². The van der Waals surface area contributed by atoms with Gasteiger partial charge in [0.1, 0.15) is 11.8 Å². The first-order valence-electron chi connectivity index (χ1n) is 6.57. The van der Waals surface area contributed by atoms with E-state index in [4.69, 9.17) is 0 Å². The van der Waals surface area contributed by atoms with E-state index in [0.29, 0.717) is 19.6 Å². The van der Waals surface area contributed by atoms with Crippen LogP contribution in [0.4, 0.5) is 0 Å². The Bertz CT molecular complexity index is 530. The van der Waals surface area contributed by atoms with Crippen LogP contribution in [0.1, 0.15) is 15.9 Å². The molecule has 1 atom stereocenters. The molecular formula is C14H19N3O3. The highest BCUT2D eigenvalue weighted by atomic mass is 16.3. The number of nitrogens with one attached hydrogen (secondary N) is 2. The van der Waals surface area contributed by atoms with E-state index in [9.17, 15) is 14.7 Å². The van der Waals surface area contributed by atoms with Crippen molar-refractivity contribution < 1.29 is 14.7 Å². The average Bonchev–Trinajstić information content (AvgIpc) is 2.46. The number of phenolic OH excluding ortho intramolecular Hbond substituents is 1. The number of phenols is 1. The topological polar surface area (TPSA) is 81.7 Å². The first-order valence-corrected chi connectivity index (χ1v) is 6.57. The molecule has 1 aromatic carbocycles. The Kier molecular flexibility index (Phi) is 4.24. The maximum absolute atomic E-state index is 12.5. The molecule has 3 N–H and O–H groups in total. The number of aryl methyl sites for hydroxylation is 1. The van der Waals surface area contributed by atoms with Crippen molar-refractivity contribution in [2.75, 3.05) is 26.7 Å². The van der Waals surface area contributed by atoms with Gasteiger partial charge in [0.05, 0.1) is 5.56 Å². The number of likely N-dealkylation sites (N-methyl/N-ethyl adjacent to an activating group) is 1. The number of rotatable bonds is 2. The second-order valence-electron chi connectivity index (χ2n) is 4.85. The Morgan fingerprint density at radius 2 is 2.20 bits per heavy atom. The monoisotopic (exact) mass is 277 g/mol. The van der Waals surface area contributed by atoms with E-state index in [2.05, 4.69) is 10.6 Å². The SMILES string of the molecule is CNC(=O)C1CNCCN1C(=O)c1ccc(C)cc1O.